The second-order valence-electron chi connectivity index (χ2n) is 3.67. The fourth-order valence-electron chi connectivity index (χ4n) is 1.64. The Labute approximate surface area is 79.0 Å². The first-order valence-electron chi connectivity index (χ1n) is 4.63. The van der Waals surface area contributed by atoms with Crippen LogP contribution < -0.4 is 4.74 Å². The van der Waals surface area contributed by atoms with Crippen molar-refractivity contribution < 1.29 is 4.74 Å². The van der Waals surface area contributed by atoms with E-state index in [1.165, 1.54) is 11.1 Å². The Morgan fingerprint density at radius 1 is 1.46 bits per heavy atom. The Morgan fingerprint density at radius 3 is 3.00 bits per heavy atom. The fourth-order valence-corrected chi connectivity index (χ4v) is 1.64. The molecule has 0 saturated heterocycles. The molecule has 1 aromatic carbocycles. The first-order valence-corrected chi connectivity index (χ1v) is 4.63. The van der Waals surface area contributed by atoms with Gasteiger partial charge in [0.2, 0.25) is 0 Å². The third-order valence-electron chi connectivity index (χ3n) is 2.58. The molecular weight excluding hydrogens is 160 g/mol. The molecule has 0 aromatic heterocycles. The fraction of sp³-hybridized carbons (Fsp3) is 0.333. The number of ether oxygens (including phenoxy) is 1. The van der Waals surface area contributed by atoms with E-state index in [9.17, 15) is 0 Å². The molecule has 0 fully saturated rings. The van der Waals surface area contributed by atoms with E-state index in [1.807, 2.05) is 12.1 Å². The lowest BCUT2D eigenvalue weighted by Crippen LogP contribution is -2.21. The average Bonchev–Trinajstić information content (AvgIpc) is 2.17. The molecule has 1 aliphatic heterocycles. The van der Waals surface area contributed by atoms with Gasteiger partial charge in [-0.1, -0.05) is 30.4 Å². The summed E-state index contributed by atoms with van der Waals surface area (Å²) in [6.07, 6.45) is 1.07. The van der Waals surface area contributed by atoms with Crippen LogP contribution in [0.3, 0.4) is 0 Å². The minimum atomic E-state index is 0.495. The van der Waals surface area contributed by atoms with Crippen molar-refractivity contribution in [2.75, 3.05) is 6.61 Å². The number of benzene rings is 1. The number of para-hydroxylation sites is 1. The highest BCUT2D eigenvalue weighted by Crippen LogP contribution is 2.29. The van der Waals surface area contributed by atoms with Crippen LogP contribution in [0, 0.1) is 5.92 Å². The molecule has 68 valence electrons. The van der Waals surface area contributed by atoms with Crippen molar-refractivity contribution in [2.45, 2.75) is 13.3 Å². The number of rotatable bonds is 1. The molecule has 0 aliphatic carbocycles. The van der Waals surface area contributed by atoms with E-state index in [2.05, 4.69) is 25.6 Å². The topological polar surface area (TPSA) is 9.23 Å². The van der Waals surface area contributed by atoms with E-state index in [0.717, 1.165) is 18.8 Å². The summed E-state index contributed by atoms with van der Waals surface area (Å²) in [4.78, 5) is 0. The summed E-state index contributed by atoms with van der Waals surface area (Å²) >= 11 is 0. The summed E-state index contributed by atoms with van der Waals surface area (Å²) in [5, 5.41) is 0. The number of fused-ring (bicyclic) bond motifs is 1. The Balaban J connectivity index is 2.24. The molecule has 0 N–H and O–H groups in total. The van der Waals surface area contributed by atoms with Gasteiger partial charge in [-0.15, -0.1) is 0 Å². The van der Waals surface area contributed by atoms with Gasteiger partial charge in [-0.2, -0.15) is 0 Å². The first-order chi connectivity index (χ1) is 6.27. The maximum Gasteiger partial charge on any atom is 0.122 e. The maximum atomic E-state index is 5.64. The molecule has 13 heavy (non-hydrogen) atoms. The molecule has 1 nitrogen and oxygen atoms in total. The zero-order chi connectivity index (χ0) is 9.26. The second-order valence-corrected chi connectivity index (χ2v) is 3.67. The van der Waals surface area contributed by atoms with Gasteiger partial charge in [0, 0.05) is 5.92 Å². The van der Waals surface area contributed by atoms with Gasteiger partial charge in [0.05, 0.1) is 6.61 Å². The SMILES string of the molecule is C=C(C)C1COc2ccccc2C1. The Hall–Kier alpha value is -1.24. The van der Waals surface area contributed by atoms with E-state index >= 15 is 0 Å². The highest BCUT2D eigenvalue weighted by Gasteiger charge is 2.19. The monoisotopic (exact) mass is 174 g/mol. The summed E-state index contributed by atoms with van der Waals surface area (Å²) in [5.41, 5.74) is 2.52. The molecule has 0 amide bonds. The van der Waals surface area contributed by atoms with Crippen LogP contribution in [0.15, 0.2) is 36.4 Å². The third kappa shape index (κ3) is 1.59. The second kappa shape index (κ2) is 3.25. The van der Waals surface area contributed by atoms with E-state index in [1.54, 1.807) is 0 Å². The van der Waals surface area contributed by atoms with Gasteiger partial charge in [-0.05, 0) is 25.0 Å². The highest BCUT2D eigenvalue weighted by molar-refractivity contribution is 5.36. The first kappa shape index (κ1) is 8.36. The van der Waals surface area contributed by atoms with Gasteiger partial charge in [0.25, 0.3) is 0 Å². The van der Waals surface area contributed by atoms with E-state index in [-0.39, 0.29) is 0 Å². The van der Waals surface area contributed by atoms with Gasteiger partial charge in [0.15, 0.2) is 0 Å². The van der Waals surface area contributed by atoms with Crippen molar-refractivity contribution >= 4 is 0 Å². The molecule has 1 heteroatoms. The Bertz CT molecular complexity index is 328. The molecule has 0 saturated carbocycles. The normalized spacial score (nSPS) is 20.2. The molecular formula is C12H14O. The van der Waals surface area contributed by atoms with Crippen LogP contribution in [0.25, 0.3) is 0 Å². The molecule has 1 unspecified atom stereocenters. The summed E-state index contributed by atoms with van der Waals surface area (Å²) < 4.78 is 5.64. The van der Waals surface area contributed by atoms with Crippen LogP contribution >= 0.6 is 0 Å². The zero-order valence-electron chi connectivity index (χ0n) is 7.92. The molecule has 1 aliphatic rings. The van der Waals surface area contributed by atoms with Crippen LogP contribution in [0.1, 0.15) is 12.5 Å². The van der Waals surface area contributed by atoms with Crippen molar-refractivity contribution in [2.24, 2.45) is 5.92 Å². The lowest BCUT2D eigenvalue weighted by Gasteiger charge is -2.25. The van der Waals surface area contributed by atoms with E-state index in [0.29, 0.717) is 5.92 Å². The number of hydrogen-bond acceptors (Lipinski definition) is 1. The van der Waals surface area contributed by atoms with Crippen LogP contribution in [0.2, 0.25) is 0 Å². The molecule has 2 rings (SSSR count). The largest absolute Gasteiger partial charge is 0.493 e. The quantitative estimate of drug-likeness (QED) is 0.595. The molecule has 1 aromatic rings. The van der Waals surface area contributed by atoms with Gasteiger partial charge in [-0.25, -0.2) is 0 Å². The average molecular weight is 174 g/mol. The third-order valence-corrected chi connectivity index (χ3v) is 2.58. The predicted octanol–water partition coefficient (Wildman–Crippen LogP) is 2.81. The lowest BCUT2D eigenvalue weighted by atomic mass is 9.92. The lowest BCUT2D eigenvalue weighted by molar-refractivity contribution is 0.243. The maximum absolute atomic E-state index is 5.64. The Morgan fingerprint density at radius 2 is 2.23 bits per heavy atom. The summed E-state index contributed by atoms with van der Waals surface area (Å²) in [6.45, 7) is 6.83. The standard InChI is InChI=1S/C12H14O/c1-9(2)11-7-10-5-3-4-6-12(10)13-8-11/h3-6,11H,1,7-8H2,2H3. The summed E-state index contributed by atoms with van der Waals surface area (Å²) in [5.74, 6) is 1.54. The van der Waals surface area contributed by atoms with Crippen molar-refractivity contribution in [1.82, 2.24) is 0 Å². The van der Waals surface area contributed by atoms with Gasteiger partial charge in [0.1, 0.15) is 5.75 Å². The predicted molar refractivity (Wildman–Crippen MR) is 53.9 cm³/mol. The van der Waals surface area contributed by atoms with Gasteiger partial charge < -0.3 is 4.74 Å². The Kier molecular flexibility index (Phi) is 2.09. The minimum absolute atomic E-state index is 0.495. The molecule has 1 heterocycles. The van der Waals surface area contributed by atoms with Crippen LogP contribution in [-0.2, 0) is 6.42 Å². The van der Waals surface area contributed by atoms with E-state index in [4.69, 9.17) is 4.74 Å². The van der Waals surface area contributed by atoms with Gasteiger partial charge in [-0.3, -0.25) is 0 Å². The van der Waals surface area contributed by atoms with Gasteiger partial charge >= 0.3 is 0 Å². The van der Waals surface area contributed by atoms with Crippen molar-refractivity contribution in [1.29, 1.82) is 0 Å². The van der Waals surface area contributed by atoms with E-state index < -0.39 is 0 Å². The smallest absolute Gasteiger partial charge is 0.122 e. The highest BCUT2D eigenvalue weighted by atomic mass is 16.5. The molecule has 0 bridgehead atoms. The van der Waals surface area contributed by atoms with Crippen LogP contribution in [0.4, 0.5) is 0 Å². The molecule has 1 atom stereocenters. The zero-order valence-corrected chi connectivity index (χ0v) is 7.92. The molecule has 0 radical (unpaired) electrons. The summed E-state index contributed by atoms with van der Waals surface area (Å²) in [6, 6.07) is 8.23. The summed E-state index contributed by atoms with van der Waals surface area (Å²) in [7, 11) is 0. The van der Waals surface area contributed by atoms with Crippen LogP contribution in [0.5, 0.6) is 5.75 Å². The number of hydrogen-bond donors (Lipinski definition) is 0. The van der Waals surface area contributed by atoms with Crippen molar-refractivity contribution in [3.63, 3.8) is 0 Å². The molecule has 0 spiro atoms. The van der Waals surface area contributed by atoms with Crippen molar-refractivity contribution in [3.8, 4) is 5.75 Å². The minimum Gasteiger partial charge on any atom is -0.493 e. The van der Waals surface area contributed by atoms with Crippen molar-refractivity contribution in [3.05, 3.63) is 42.0 Å². The van der Waals surface area contributed by atoms with Crippen LogP contribution in [-0.4, -0.2) is 6.61 Å².